The van der Waals surface area contributed by atoms with Gasteiger partial charge in [-0.2, -0.15) is 13.2 Å². The predicted molar refractivity (Wildman–Crippen MR) is 82.0 cm³/mol. The van der Waals surface area contributed by atoms with Gasteiger partial charge < -0.3 is 10.6 Å². The van der Waals surface area contributed by atoms with Gasteiger partial charge >= 0.3 is 6.18 Å². The highest BCUT2D eigenvalue weighted by molar-refractivity contribution is 6.30. The largest absolute Gasteiger partial charge is 0.418 e. The van der Waals surface area contributed by atoms with E-state index in [1.165, 1.54) is 12.1 Å². The van der Waals surface area contributed by atoms with Gasteiger partial charge in [-0.1, -0.05) is 25.4 Å². The van der Waals surface area contributed by atoms with Crippen molar-refractivity contribution in [2.45, 2.75) is 32.9 Å². The summed E-state index contributed by atoms with van der Waals surface area (Å²) < 4.78 is 38.6. The van der Waals surface area contributed by atoms with Crippen LogP contribution in [0.1, 0.15) is 32.3 Å². The highest BCUT2D eigenvalue weighted by atomic mass is 35.5. The second kappa shape index (κ2) is 8.27. The third kappa shape index (κ3) is 6.56. The summed E-state index contributed by atoms with van der Waals surface area (Å²) in [6.07, 6.45) is -3.51. The molecule has 1 rings (SSSR count). The molecule has 0 aliphatic heterocycles. The molecule has 0 aliphatic rings. The standard InChI is InChI=1S/C15H20ClF3N2O/c1-10(2)5-7-21-14(22)6-8-20-13-4-3-11(16)9-12(13)15(17,18)19/h3-4,9-10,20H,5-8H2,1-2H3,(H,21,22). The van der Waals surface area contributed by atoms with E-state index in [2.05, 4.69) is 10.6 Å². The van der Waals surface area contributed by atoms with Crippen molar-refractivity contribution in [1.82, 2.24) is 5.32 Å². The quantitative estimate of drug-likeness (QED) is 0.778. The van der Waals surface area contributed by atoms with E-state index in [4.69, 9.17) is 11.6 Å². The molecule has 0 unspecified atom stereocenters. The molecule has 0 radical (unpaired) electrons. The minimum Gasteiger partial charge on any atom is -0.384 e. The van der Waals surface area contributed by atoms with Gasteiger partial charge in [0.25, 0.3) is 0 Å². The van der Waals surface area contributed by atoms with Gasteiger partial charge in [-0.25, -0.2) is 0 Å². The summed E-state index contributed by atoms with van der Waals surface area (Å²) >= 11 is 5.60. The lowest BCUT2D eigenvalue weighted by Crippen LogP contribution is -2.27. The maximum absolute atomic E-state index is 12.9. The second-order valence-corrected chi connectivity index (χ2v) is 5.83. The Morgan fingerprint density at radius 3 is 2.55 bits per heavy atom. The lowest BCUT2D eigenvalue weighted by molar-refractivity contribution is -0.137. The van der Waals surface area contributed by atoms with Crippen LogP contribution in [0.4, 0.5) is 18.9 Å². The maximum atomic E-state index is 12.9. The number of hydrogen-bond acceptors (Lipinski definition) is 2. The Bertz CT molecular complexity index is 504. The van der Waals surface area contributed by atoms with Gasteiger partial charge in [0.05, 0.1) is 5.56 Å². The molecule has 3 nitrogen and oxygen atoms in total. The topological polar surface area (TPSA) is 41.1 Å². The zero-order valence-electron chi connectivity index (χ0n) is 12.6. The van der Waals surface area contributed by atoms with Crippen molar-refractivity contribution < 1.29 is 18.0 Å². The van der Waals surface area contributed by atoms with Crippen LogP contribution in [-0.2, 0) is 11.0 Å². The first-order valence-corrected chi connectivity index (χ1v) is 7.45. The van der Waals surface area contributed by atoms with Crippen LogP contribution in [0.3, 0.4) is 0 Å². The van der Waals surface area contributed by atoms with Crippen molar-refractivity contribution in [3.63, 3.8) is 0 Å². The Morgan fingerprint density at radius 1 is 1.27 bits per heavy atom. The third-order valence-electron chi connectivity index (χ3n) is 3.00. The number of carbonyl (C=O) groups excluding carboxylic acids is 1. The molecule has 0 saturated heterocycles. The van der Waals surface area contributed by atoms with E-state index >= 15 is 0 Å². The summed E-state index contributed by atoms with van der Waals surface area (Å²) in [5.74, 6) is 0.303. The molecule has 0 saturated carbocycles. The maximum Gasteiger partial charge on any atom is 0.418 e. The average molecular weight is 337 g/mol. The lowest BCUT2D eigenvalue weighted by Gasteiger charge is -2.15. The molecule has 0 spiro atoms. The van der Waals surface area contributed by atoms with Gasteiger partial charge in [0, 0.05) is 30.2 Å². The van der Waals surface area contributed by atoms with Crippen LogP contribution < -0.4 is 10.6 Å². The number of carbonyl (C=O) groups is 1. The summed E-state index contributed by atoms with van der Waals surface area (Å²) in [6.45, 7) is 4.79. The smallest absolute Gasteiger partial charge is 0.384 e. The molecule has 0 fully saturated rings. The third-order valence-corrected chi connectivity index (χ3v) is 3.23. The minimum atomic E-state index is -4.49. The monoisotopic (exact) mass is 336 g/mol. The normalized spacial score (nSPS) is 11.6. The van der Waals surface area contributed by atoms with Crippen LogP contribution >= 0.6 is 11.6 Å². The number of hydrogen-bond donors (Lipinski definition) is 2. The van der Waals surface area contributed by atoms with Gasteiger partial charge in [-0.3, -0.25) is 4.79 Å². The predicted octanol–water partition coefficient (Wildman–Crippen LogP) is 4.32. The van der Waals surface area contributed by atoms with E-state index in [1.54, 1.807) is 0 Å². The molecule has 0 bridgehead atoms. The first-order chi connectivity index (χ1) is 10.2. The van der Waals surface area contributed by atoms with E-state index in [1.807, 2.05) is 13.8 Å². The Labute approximate surface area is 133 Å². The van der Waals surface area contributed by atoms with Gasteiger partial charge in [-0.05, 0) is 30.5 Å². The van der Waals surface area contributed by atoms with Crippen molar-refractivity contribution >= 4 is 23.2 Å². The number of anilines is 1. The number of rotatable bonds is 7. The molecule has 0 aliphatic carbocycles. The summed E-state index contributed by atoms with van der Waals surface area (Å²) in [4.78, 5) is 11.6. The molecule has 1 aromatic carbocycles. The van der Waals surface area contributed by atoms with Gasteiger partial charge in [0.15, 0.2) is 0 Å². The molecule has 22 heavy (non-hydrogen) atoms. The van der Waals surface area contributed by atoms with Crippen molar-refractivity contribution in [2.24, 2.45) is 5.92 Å². The first-order valence-electron chi connectivity index (χ1n) is 7.07. The zero-order chi connectivity index (χ0) is 16.8. The van der Waals surface area contributed by atoms with Gasteiger partial charge in [-0.15, -0.1) is 0 Å². The van der Waals surface area contributed by atoms with Crippen LogP contribution in [0, 0.1) is 5.92 Å². The number of nitrogens with one attached hydrogen (secondary N) is 2. The van der Waals surface area contributed by atoms with Crippen molar-refractivity contribution in [3.05, 3.63) is 28.8 Å². The summed E-state index contributed by atoms with van der Waals surface area (Å²) in [5, 5.41) is 5.39. The number of halogens is 4. The zero-order valence-corrected chi connectivity index (χ0v) is 13.3. The summed E-state index contributed by atoms with van der Waals surface area (Å²) in [7, 11) is 0. The van der Waals surface area contributed by atoms with E-state index in [-0.39, 0.29) is 29.6 Å². The first kappa shape index (κ1) is 18.6. The van der Waals surface area contributed by atoms with E-state index in [0.717, 1.165) is 12.5 Å². The fraction of sp³-hybridized carbons (Fsp3) is 0.533. The Morgan fingerprint density at radius 2 is 1.95 bits per heavy atom. The van der Waals surface area contributed by atoms with Crippen LogP contribution in [-0.4, -0.2) is 19.0 Å². The Kier molecular flexibility index (Phi) is 7.00. The van der Waals surface area contributed by atoms with Crippen LogP contribution in [0.25, 0.3) is 0 Å². The van der Waals surface area contributed by atoms with E-state index < -0.39 is 11.7 Å². The fourth-order valence-corrected chi connectivity index (χ4v) is 1.98. The Hall–Kier alpha value is -1.43. The SMILES string of the molecule is CC(C)CCNC(=O)CCNc1ccc(Cl)cc1C(F)(F)F. The molecular formula is C15H20ClF3N2O. The van der Waals surface area contributed by atoms with Crippen molar-refractivity contribution in [2.75, 3.05) is 18.4 Å². The molecule has 1 amide bonds. The summed E-state index contributed by atoms with van der Waals surface area (Å²) in [5.41, 5.74) is -0.910. The van der Waals surface area contributed by atoms with E-state index in [9.17, 15) is 18.0 Å². The summed E-state index contributed by atoms with van der Waals surface area (Å²) in [6, 6.07) is 3.51. The number of benzene rings is 1. The molecule has 7 heteroatoms. The Balaban J connectivity index is 2.50. The molecule has 0 aromatic heterocycles. The van der Waals surface area contributed by atoms with Crippen molar-refractivity contribution in [1.29, 1.82) is 0 Å². The number of alkyl halides is 3. The molecule has 124 valence electrons. The highest BCUT2D eigenvalue weighted by Crippen LogP contribution is 2.36. The number of amides is 1. The van der Waals surface area contributed by atoms with Gasteiger partial charge in [0.2, 0.25) is 5.91 Å². The molecule has 1 aromatic rings. The molecule has 0 heterocycles. The molecule has 0 atom stereocenters. The average Bonchev–Trinajstić information content (AvgIpc) is 2.39. The minimum absolute atomic E-state index is 0.0179. The van der Waals surface area contributed by atoms with E-state index in [0.29, 0.717) is 12.5 Å². The van der Waals surface area contributed by atoms with Crippen LogP contribution in [0.2, 0.25) is 5.02 Å². The molecule has 2 N–H and O–H groups in total. The fourth-order valence-electron chi connectivity index (χ4n) is 1.80. The lowest BCUT2D eigenvalue weighted by atomic mass is 10.1. The van der Waals surface area contributed by atoms with Crippen LogP contribution in [0.15, 0.2) is 18.2 Å². The highest BCUT2D eigenvalue weighted by Gasteiger charge is 2.33. The van der Waals surface area contributed by atoms with Crippen LogP contribution in [0.5, 0.6) is 0 Å². The van der Waals surface area contributed by atoms with Gasteiger partial charge in [0.1, 0.15) is 0 Å². The molecular weight excluding hydrogens is 317 g/mol. The van der Waals surface area contributed by atoms with Crippen molar-refractivity contribution in [3.8, 4) is 0 Å². The second-order valence-electron chi connectivity index (χ2n) is 5.40.